The van der Waals surface area contributed by atoms with Crippen molar-refractivity contribution in [3.8, 4) is 0 Å². The van der Waals surface area contributed by atoms with E-state index < -0.39 is 31.1 Å². The van der Waals surface area contributed by atoms with Gasteiger partial charge in [-0.3, -0.25) is 4.57 Å². The summed E-state index contributed by atoms with van der Waals surface area (Å²) in [5.41, 5.74) is 7.96. The number of rotatable bonds is 6. The Morgan fingerprint density at radius 1 is 1.21 bits per heavy atom. The molecule has 2 aromatic heterocycles. The van der Waals surface area contributed by atoms with Crippen molar-refractivity contribution in [1.82, 2.24) is 19.5 Å². The molecule has 0 amide bonds. The van der Waals surface area contributed by atoms with Gasteiger partial charge in [-0.15, -0.1) is 0 Å². The summed E-state index contributed by atoms with van der Waals surface area (Å²) in [5, 5.41) is 32.8. The molecule has 1 saturated heterocycles. The summed E-state index contributed by atoms with van der Waals surface area (Å²) in [7, 11) is 0. The van der Waals surface area contributed by atoms with Crippen LogP contribution in [0.5, 0.6) is 0 Å². The summed E-state index contributed by atoms with van der Waals surface area (Å²) >= 11 is 0. The molecule has 6 N–H and O–H groups in total. The number of aliphatic hydroxyl groups excluding tert-OH is 3. The lowest BCUT2D eigenvalue weighted by Crippen LogP contribution is -2.33. The monoisotopic (exact) mass is 400 g/mol. The molecule has 154 valence electrons. The van der Waals surface area contributed by atoms with Gasteiger partial charge in [0.25, 0.3) is 0 Å². The second kappa shape index (κ2) is 7.91. The van der Waals surface area contributed by atoms with Crippen LogP contribution in [0.1, 0.15) is 24.6 Å². The van der Waals surface area contributed by atoms with E-state index in [0.717, 1.165) is 0 Å². The first-order valence-corrected chi connectivity index (χ1v) is 9.41. The Kier molecular flexibility index (Phi) is 5.33. The number of nitrogen functional groups attached to an aromatic ring is 1. The minimum absolute atomic E-state index is 0.190. The molecule has 29 heavy (non-hydrogen) atoms. The Hall–Kier alpha value is -2.79. The molecule has 0 spiro atoms. The first-order chi connectivity index (χ1) is 14.0. The summed E-state index contributed by atoms with van der Waals surface area (Å²) < 4.78 is 7.06. The number of nitrogens with two attached hydrogens (primary N) is 1. The molecular formula is C19H24N6O4. The summed E-state index contributed by atoms with van der Waals surface area (Å²) in [4.78, 5) is 12.9. The van der Waals surface area contributed by atoms with Gasteiger partial charge in [0.15, 0.2) is 17.7 Å². The molecule has 3 aromatic rings. The maximum Gasteiger partial charge on any atom is 0.226 e. The molecule has 4 rings (SSSR count). The van der Waals surface area contributed by atoms with Crippen molar-refractivity contribution in [2.45, 2.75) is 37.4 Å². The van der Waals surface area contributed by atoms with Gasteiger partial charge in [-0.05, 0) is 11.5 Å². The van der Waals surface area contributed by atoms with Crippen molar-refractivity contribution in [2.75, 3.05) is 24.2 Å². The molecule has 0 unspecified atom stereocenters. The lowest BCUT2D eigenvalue weighted by molar-refractivity contribution is -0.0511. The number of nitrogens with zero attached hydrogens (tertiary/aromatic N) is 4. The second-order valence-corrected chi connectivity index (χ2v) is 7.18. The third-order valence-electron chi connectivity index (χ3n) is 5.17. The Morgan fingerprint density at radius 3 is 2.66 bits per heavy atom. The van der Waals surface area contributed by atoms with Gasteiger partial charge in [-0.25, -0.2) is 4.98 Å². The second-order valence-electron chi connectivity index (χ2n) is 7.18. The van der Waals surface area contributed by atoms with Crippen molar-refractivity contribution < 1.29 is 20.1 Å². The highest BCUT2D eigenvalue weighted by atomic mass is 16.6. The molecular weight excluding hydrogens is 376 g/mol. The molecule has 1 aliphatic rings. The van der Waals surface area contributed by atoms with Gasteiger partial charge >= 0.3 is 0 Å². The van der Waals surface area contributed by atoms with E-state index in [0.29, 0.717) is 23.7 Å². The minimum Gasteiger partial charge on any atom is -0.394 e. The highest BCUT2D eigenvalue weighted by Gasteiger charge is 2.44. The SMILES string of the molecule is C[C@H](CNc1nc(N)c2ncn([C@@H]3O[C@H](CO)[C@@H](O)[C@H]3O)c2n1)c1ccccc1. The highest BCUT2D eigenvalue weighted by Crippen LogP contribution is 2.32. The van der Waals surface area contributed by atoms with Crippen LogP contribution in [0.25, 0.3) is 11.2 Å². The molecule has 0 saturated carbocycles. The number of hydrogen-bond donors (Lipinski definition) is 5. The fraction of sp³-hybridized carbons (Fsp3) is 0.421. The Morgan fingerprint density at radius 2 is 1.97 bits per heavy atom. The summed E-state index contributed by atoms with van der Waals surface area (Å²) in [6, 6.07) is 10.1. The molecule has 5 atom stereocenters. The van der Waals surface area contributed by atoms with Crippen LogP contribution in [-0.2, 0) is 4.74 Å². The van der Waals surface area contributed by atoms with Gasteiger partial charge in [0, 0.05) is 6.54 Å². The average molecular weight is 400 g/mol. The fourth-order valence-electron chi connectivity index (χ4n) is 3.46. The number of aromatic nitrogens is 4. The minimum atomic E-state index is -1.24. The van der Waals surface area contributed by atoms with E-state index in [1.54, 1.807) is 0 Å². The van der Waals surface area contributed by atoms with Crippen molar-refractivity contribution >= 4 is 22.9 Å². The van der Waals surface area contributed by atoms with Crippen molar-refractivity contribution in [3.63, 3.8) is 0 Å². The first kappa shape index (κ1) is 19.5. The van der Waals surface area contributed by atoms with Crippen LogP contribution in [0.4, 0.5) is 11.8 Å². The van der Waals surface area contributed by atoms with Gasteiger partial charge in [-0.2, -0.15) is 9.97 Å². The molecule has 0 aliphatic carbocycles. The Labute approximate surface area is 167 Å². The van der Waals surface area contributed by atoms with E-state index in [-0.39, 0.29) is 11.7 Å². The predicted octanol–water partition coefficient (Wildman–Crippen LogP) is 0.236. The zero-order chi connectivity index (χ0) is 20.5. The molecule has 1 aliphatic heterocycles. The first-order valence-electron chi connectivity index (χ1n) is 9.41. The maximum absolute atomic E-state index is 10.3. The van der Waals surface area contributed by atoms with Crippen LogP contribution in [0, 0.1) is 0 Å². The molecule has 10 heteroatoms. The van der Waals surface area contributed by atoms with Gasteiger partial charge in [-0.1, -0.05) is 37.3 Å². The normalized spacial score (nSPS) is 25.4. The topological polar surface area (TPSA) is 152 Å². The molecule has 10 nitrogen and oxygen atoms in total. The number of nitrogens with one attached hydrogen (secondary N) is 1. The standard InChI is InChI=1S/C19H24N6O4/c1-10(11-5-3-2-4-6-11)7-21-19-23-16(20)13-17(24-19)25(9-22-13)18-15(28)14(27)12(8-26)29-18/h2-6,9-10,12,14-15,18,26-28H,7-8H2,1H3,(H3,20,21,23,24)/t10-,12-,14-,15-,18-/m1/s1. The largest absolute Gasteiger partial charge is 0.394 e. The van der Waals surface area contributed by atoms with E-state index >= 15 is 0 Å². The highest BCUT2D eigenvalue weighted by molar-refractivity contribution is 5.83. The third kappa shape index (κ3) is 3.62. The van der Waals surface area contributed by atoms with Crippen LogP contribution in [0.3, 0.4) is 0 Å². The number of imidazole rings is 1. The molecule has 1 fully saturated rings. The van der Waals surface area contributed by atoms with Crippen molar-refractivity contribution in [1.29, 1.82) is 0 Å². The van der Waals surface area contributed by atoms with E-state index in [4.69, 9.17) is 10.5 Å². The lowest BCUT2D eigenvalue weighted by Gasteiger charge is -2.17. The smallest absolute Gasteiger partial charge is 0.226 e. The lowest BCUT2D eigenvalue weighted by atomic mass is 10.0. The summed E-state index contributed by atoms with van der Waals surface area (Å²) in [5.74, 6) is 0.740. The van der Waals surface area contributed by atoms with Gasteiger partial charge in [0.1, 0.15) is 23.8 Å². The van der Waals surface area contributed by atoms with Crippen LogP contribution in [0.2, 0.25) is 0 Å². The van der Waals surface area contributed by atoms with Crippen LogP contribution < -0.4 is 11.1 Å². The average Bonchev–Trinajstić information content (AvgIpc) is 3.28. The Balaban J connectivity index is 1.59. The van der Waals surface area contributed by atoms with Gasteiger partial charge in [0.2, 0.25) is 5.95 Å². The third-order valence-corrected chi connectivity index (χ3v) is 5.17. The van der Waals surface area contributed by atoms with Crippen LogP contribution >= 0.6 is 0 Å². The molecule has 1 aromatic carbocycles. The number of benzene rings is 1. The quantitative estimate of drug-likeness (QED) is 0.392. The zero-order valence-electron chi connectivity index (χ0n) is 15.9. The summed E-state index contributed by atoms with van der Waals surface area (Å²) in [6.45, 7) is 2.27. The number of anilines is 2. The van der Waals surface area contributed by atoms with Crippen LogP contribution in [0.15, 0.2) is 36.7 Å². The maximum atomic E-state index is 10.3. The number of ether oxygens (including phenoxy) is 1. The van der Waals surface area contributed by atoms with E-state index in [1.807, 2.05) is 18.2 Å². The molecule has 0 bridgehead atoms. The Bertz CT molecular complexity index is 981. The summed E-state index contributed by atoms with van der Waals surface area (Å²) in [6.07, 6.45) is -2.87. The zero-order valence-corrected chi connectivity index (χ0v) is 15.9. The van der Waals surface area contributed by atoms with E-state index in [2.05, 4.69) is 39.3 Å². The number of aliphatic hydroxyl groups is 3. The predicted molar refractivity (Wildman–Crippen MR) is 106 cm³/mol. The molecule has 3 heterocycles. The van der Waals surface area contributed by atoms with E-state index in [1.165, 1.54) is 16.5 Å². The number of fused-ring (bicyclic) bond motifs is 1. The van der Waals surface area contributed by atoms with Crippen molar-refractivity contribution in [3.05, 3.63) is 42.2 Å². The van der Waals surface area contributed by atoms with Gasteiger partial charge in [0.05, 0.1) is 12.9 Å². The van der Waals surface area contributed by atoms with Crippen LogP contribution in [-0.4, -0.2) is 66.3 Å². The van der Waals surface area contributed by atoms with Gasteiger partial charge < -0.3 is 31.1 Å². The number of hydrogen-bond acceptors (Lipinski definition) is 9. The van der Waals surface area contributed by atoms with Crippen molar-refractivity contribution in [2.24, 2.45) is 0 Å². The molecule has 0 radical (unpaired) electrons. The fourth-order valence-corrected chi connectivity index (χ4v) is 3.46. The van der Waals surface area contributed by atoms with E-state index in [9.17, 15) is 15.3 Å².